The molecule has 1 saturated heterocycles. The normalized spacial score (nSPS) is 12.1. The van der Waals surface area contributed by atoms with E-state index in [0.29, 0.717) is 55.6 Å². The first kappa shape index (κ1) is 70.5. The number of methoxy groups -OCH3 is 2. The number of carboxylic acids is 1. The Morgan fingerprint density at radius 2 is 1.08 bits per heavy atom. The van der Waals surface area contributed by atoms with Crippen LogP contribution in [0.3, 0.4) is 0 Å². The van der Waals surface area contributed by atoms with E-state index in [4.69, 9.17) is 77.3 Å². The molecule has 1 aliphatic heterocycles. The van der Waals surface area contributed by atoms with Crippen molar-refractivity contribution in [3.05, 3.63) is 271 Å². The van der Waals surface area contributed by atoms with Crippen LogP contribution in [-0.4, -0.2) is 94.7 Å². The van der Waals surface area contributed by atoms with Crippen molar-refractivity contribution >= 4 is 132 Å². The van der Waals surface area contributed by atoms with Crippen LogP contribution in [-0.2, 0) is 0 Å². The van der Waals surface area contributed by atoms with Gasteiger partial charge in [0.1, 0.15) is 45.9 Å². The number of halogens is 6. The van der Waals surface area contributed by atoms with Crippen LogP contribution >= 0.6 is 70.4 Å². The second-order valence-corrected chi connectivity index (χ2v) is 22.3. The molecule has 4 heterocycles. The van der Waals surface area contributed by atoms with Gasteiger partial charge in [0, 0.05) is 49.3 Å². The van der Waals surface area contributed by atoms with Crippen molar-refractivity contribution in [2.24, 2.45) is 0 Å². The predicted octanol–water partition coefficient (Wildman–Crippen LogP) is 15.3. The van der Waals surface area contributed by atoms with E-state index < -0.39 is 27.4 Å². The van der Waals surface area contributed by atoms with E-state index in [1.165, 1.54) is 42.8 Å². The van der Waals surface area contributed by atoms with Crippen LogP contribution in [0.1, 0.15) is 33.6 Å². The summed E-state index contributed by atoms with van der Waals surface area (Å²) in [4.78, 5) is 67.2. The lowest BCUT2D eigenvalue weighted by atomic mass is 10.1. The third kappa shape index (κ3) is 17.9. The van der Waals surface area contributed by atoms with Crippen LogP contribution in [0, 0.1) is 20.2 Å². The summed E-state index contributed by atoms with van der Waals surface area (Å²) in [5, 5.41) is 59.9. The number of aromatic carboxylic acids is 1. The summed E-state index contributed by atoms with van der Waals surface area (Å²) < 4.78 is 20.6. The number of H-pyrrole nitrogens is 2. The summed E-state index contributed by atoms with van der Waals surface area (Å²) in [6.07, 6.45) is 2.39. The number of nitro groups is 2. The number of aromatic nitrogens is 6. The van der Waals surface area contributed by atoms with Crippen LogP contribution in [0.4, 0.5) is 17.1 Å². The summed E-state index contributed by atoms with van der Waals surface area (Å²) >= 11 is 29.3. The number of amides is 1. The van der Waals surface area contributed by atoms with Crippen molar-refractivity contribution in [2.75, 3.05) is 32.7 Å². The average Bonchev–Trinajstić information content (AvgIpc) is 1.67. The number of carbonyl (C=O) groups is 2. The molecule has 13 rings (SSSR count). The Balaban J connectivity index is 0.000000153. The third-order valence-electron chi connectivity index (χ3n) is 14.1. The molecule has 3 aromatic heterocycles. The monoisotopic (exact) mass is 1400 g/mol. The van der Waals surface area contributed by atoms with Crippen molar-refractivity contribution in [1.82, 2.24) is 34.7 Å². The molecular weight excluding hydrogens is 1350 g/mol. The number of fused-ring (bicyclic) bond motifs is 3. The molecule has 0 aliphatic carbocycles. The maximum atomic E-state index is 12.4. The fourth-order valence-electron chi connectivity index (χ4n) is 9.38. The predicted molar refractivity (Wildman–Crippen MR) is 370 cm³/mol. The molecule has 23 nitrogen and oxygen atoms in total. The zero-order chi connectivity index (χ0) is 67.2. The third-order valence-corrected chi connectivity index (χ3v) is 15.4. The van der Waals surface area contributed by atoms with Gasteiger partial charge >= 0.3 is 5.97 Å². The number of para-hydroxylation sites is 1. The van der Waals surface area contributed by atoms with Gasteiger partial charge < -0.3 is 35.1 Å². The minimum atomic E-state index is -1.34. The van der Waals surface area contributed by atoms with Gasteiger partial charge in [-0.15, -0.1) is 12.4 Å². The maximum absolute atomic E-state index is 12.4. The van der Waals surface area contributed by atoms with E-state index in [-0.39, 0.29) is 56.1 Å². The van der Waals surface area contributed by atoms with Crippen LogP contribution < -0.4 is 36.0 Å². The second-order valence-electron chi connectivity index (χ2n) is 20.2. The Bertz CT molecular complexity index is 4830. The summed E-state index contributed by atoms with van der Waals surface area (Å²) in [7, 11) is 3.14. The topological polar surface area (TPSA) is 306 Å². The Hall–Kier alpha value is -10.4. The lowest BCUT2D eigenvalue weighted by Crippen LogP contribution is -2.28. The Labute approximate surface area is 570 Å². The van der Waals surface area contributed by atoms with Crippen LogP contribution in [0.25, 0.3) is 49.8 Å². The molecule has 1 amide bonds. The minimum Gasteiger partial charge on any atom is -0.508 e. The van der Waals surface area contributed by atoms with Gasteiger partial charge in [0.05, 0.1) is 68.5 Å². The number of benzene rings is 9. The quantitative estimate of drug-likeness (QED) is 0.0462. The molecule has 95 heavy (non-hydrogen) atoms. The molecule has 9 aromatic carbocycles. The molecule has 488 valence electrons. The number of ether oxygens (including phenoxy) is 3. The first-order valence-corrected chi connectivity index (χ1v) is 30.0. The summed E-state index contributed by atoms with van der Waals surface area (Å²) in [5.74, 6) is 0.495. The van der Waals surface area contributed by atoms with E-state index in [9.17, 15) is 44.5 Å². The van der Waals surface area contributed by atoms with Gasteiger partial charge in [-0.3, -0.25) is 44.8 Å². The number of carboxylic acid groups (broad SMARTS) is 1. The fraction of sp³-hybridized carbons (Fsp3) is 0.106. The molecule has 0 saturated carbocycles. The van der Waals surface area contributed by atoms with Crippen LogP contribution in [0.5, 0.6) is 23.0 Å². The van der Waals surface area contributed by atoms with Crippen molar-refractivity contribution < 1.29 is 43.9 Å². The highest BCUT2D eigenvalue weighted by Gasteiger charge is 2.22. The van der Waals surface area contributed by atoms with Gasteiger partial charge in [-0.2, -0.15) is 5.10 Å². The molecular formula is C66H54Cl6N10O13. The number of hydrogen-bond acceptors (Lipinski definition) is 14. The summed E-state index contributed by atoms with van der Waals surface area (Å²) in [5.41, 5.74) is 3.73. The molecule has 1 aliphatic rings. The molecule has 29 heteroatoms. The first-order chi connectivity index (χ1) is 45.2. The average molecular weight is 1410 g/mol. The molecule has 0 spiro atoms. The number of rotatable bonds is 13. The Morgan fingerprint density at radius 3 is 1.63 bits per heavy atom. The first-order valence-electron chi connectivity index (χ1n) is 28.1. The number of aromatic hydroxyl groups is 1. The lowest BCUT2D eigenvalue weighted by Gasteiger charge is -2.12. The zero-order valence-corrected chi connectivity index (χ0v) is 54.3. The van der Waals surface area contributed by atoms with E-state index in [0.717, 1.165) is 69.7 Å². The van der Waals surface area contributed by atoms with Crippen LogP contribution in [0.2, 0.25) is 25.2 Å². The van der Waals surface area contributed by atoms with Gasteiger partial charge in [-0.05, 0) is 189 Å². The van der Waals surface area contributed by atoms with Gasteiger partial charge in [-0.25, -0.2) is 18.8 Å². The highest BCUT2D eigenvalue weighted by Crippen LogP contribution is 2.30. The lowest BCUT2D eigenvalue weighted by molar-refractivity contribution is -0.385. The number of aromatic amines is 2. The molecule has 0 bridgehead atoms. The number of nitrogens with one attached hydrogen (secondary N) is 4. The van der Waals surface area contributed by atoms with Gasteiger partial charge in [0.25, 0.3) is 28.4 Å². The number of anilines is 1. The summed E-state index contributed by atoms with van der Waals surface area (Å²) in [6, 6.07) is 53.9. The molecule has 12 aromatic rings. The summed E-state index contributed by atoms with van der Waals surface area (Å²) in [6.45, 7) is 1.77. The second kappa shape index (κ2) is 32.5. The molecule has 6 N–H and O–H groups in total. The van der Waals surface area contributed by atoms with E-state index in [1.54, 1.807) is 107 Å². The van der Waals surface area contributed by atoms with E-state index in [1.807, 2.05) is 66.7 Å². The van der Waals surface area contributed by atoms with Gasteiger partial charge in [-0.1, -0.05) is 70.1 Å². The number of nitrogens with zero attached hydrogens (tertiary/aromatic N) is 6. The van der Waals surface area contributed by atoms with E-state index in [2.05, 4.69) is 25.9 Å². The Morgan fingerprint density at radius 1 is 0.600 bits per heavy atom. The highest BCUT2D eigenvalue weighted by molar-refractivity contribution is 6.36. The standard InChI is InChI=1S/C18H19N3O2.C14H11ClN2O4.C14H11ClN2O2.C13H8Cl2N2O.C7H4ClNO4.ClH/c22-18-16-5-1-2-6-17(16)20-21(18)14-7-9-15(10-8-14)23-12-13-4-3-11-19-13;1-21-11-5-3-10(4-6-11)16-14(18)12-7-2-9(15)8-13(12)17(19)20;1-19-11-5-3-10(4-6-11)17-14(18)12-7-2-9(15)8-13(12)16-17;14-8-1-6-11-12(7-8)16-17(13(11)15)9-2-4-10(18)5-3-9;8-4-1-2-5(7(10)11)6(3-4)9(12)13;/h1-2,5-10,13,19-20H,3-4,11-12H2;2-8H,1H3,(H,16,18);2-8,16H,1H3;1-7,18H;1-3H,(H,10,11);1H/t13-;;;;;/m1...../s1. The van der Waals surface area contributed by atoms with Crippen LogP contribution in [0.15, 0.2) is 204 Å². The largest absolute Gasteiger partial charge is 0.508 e. The van der Waals surface area contributed by atoms with Gasteiger partial charge in [0.2, 0.25) is 0 Å². The smallest absolute Gasteiger partial charge is 0.342 e. The van der Waals surface area contributed by atoms with Crippen molar-refractivity contribution in [3.63, 3.8) is 0 Å². The van der Waals surface area contributed by atoms with Gasteiger partial charge in [0.15, 0.2) is 0 Å². The number of phenolic OH excluding ortho intramolecular Hbond substituents is 1. The zero-order valence-electron chi connectivity index (χ0n) is 49.7. The van der Waals surface area contributed by atoms with Crippen molar-refractivity contribution in [2.45, 2.75) is 18.9 Å². The maximum Gasteiger partial charge on any atom is 0.342 e. The van der Waals surface area contributed by atoms with Crippen molar-refractivity contribution in [1.29, 1.82) is 0 Å². The number of phenols is 1. The minimum absolute atomic E-state index is 0. The highest BCUT2D eigenvalue weighted by atomic mass is 35.5. The molecule has 0 unspecified atom stereocenters. The number of carbonyl (C=O) groups excluding carboxylic acids is 1. The fourth-order valence-corrected chi connectivity index (χ4v) is 10.3. The number of nitro benzene ring substituents is 2. The molecule has 1 atom stereocenters. The SMILES string of the molecule is COc1ccc(-n2[nH]c3cc(Cl)ccc3c2=O)cc1.COc1ccc(NC(=O)c2ccc(Cl)cc2[N+](=O)[O-])cc1.Cl.O=C(O)c1ccc(Cl)cc1[N+](=O)[O-].O=c1c2ccccc2[nH]n1-c1ccc(OC[C@H]2CCCN2)cc1.Oc1ccc(-n2nc3cc(Cl)ccc3c2Cl)cc1. The van der Waals surface area contributed by atoms with E-state index >= 15 is 0 Å². The number of hydrogen-bond donors (Lipinski definition) is 6. The molecule has 1 fully saturated rings. The van der Waals surface area contributed by atoms with Crippen molar-refractivity contribution in [3.8, 4) is 40.1 Å². The Kier molecular flexibility index (Phi) is 24.1. The molecule has 0 radical (unpaired) electrons.